The Morgan fingerprint density at radius 1 is 0.857 bits per heavy atom. The second kappa shape index (κ2) is 6.75. The molecule has 106 valence electrons. The quantitative estimate of drug-likeness (QED) is 0.457. The van der Waals surface area contributed by atoms with Gasteiger partial charge in [-0.1, -0.05) is 30.3 Å². The number of hydrogen-bond donors (Lipinski definition) is 0. The van der Waals surface area contributed by atoms with Crippen molar-refractivity contribution < 1.29 is 13.6 Å². The number of halogens is 2. The van der Waals surface area contributed by atoms with Crippen LogP contribution in [0.25, 0.3) is 5.57 Å². The van der Waals surface area contributed by atoms with E-state index in [1.54, 1.807) is 30.3 Å². The van der Waals surface area contributed by atoms with Crippen LogP contribution < -0.4 is 0 Å². The number of carbonyl (C=O) groups is 1. The molecule has 0 unspecified atom stereocenters. The van der Waals surface area contributed by atoms with E-state index in [2.05, 4.69) is 0 Å². The summed E-state index contributed by atoms with van der Waals surface area (Å²) in [5.74, 6) is -0.642. The van der Waals surface area contributed by atoms with Crippen molar-refractivity contribution in [3.8, 4) is 0 Å². The molecule has 0 heterocycles. The van der Waals surface area contributed by atoms with Crippen molar-refractivity contribution in [1.29, 1.82) is 0 Å². The number of allylic oxidation sites excluding steroid dienone is 3. The average molecular weight is 284 g/mol. The molecule has 0 aliphatic heterocycles. The van der Waals surface area contributed by atoms with Crippen molar-refractivity contribution in [2.75, 3.05) is 0 Å². The molecule has 1 nitrogen and oxygen atoms in total. The molecule has 0 radical (unpaired) electrons. The van der Waals surface area contributed by atoms with E-state index >= 15 is 0 Å². The highest BCUT2D eigenvalue weighted by molar-refractivity contribution is 5.84. The van der Waals surface area contributed by atoms with Crippen LogP contribution in [0, 0.1) is 11.6 Å². The third-order valence-corrected chi connectivity index (χ3v) is 3.08. The van der Waals surface area contributed by atoms with Gasteiger partial charge in [0.05, 0.1) is 0 Å². The number of hydrogen-bond acceptors (Lipinski definition) is 1. The minimum absolute atomic E-state index is 0.321. The van der Waals surface area contributed by atoms with Crippen LogP contribution in [0.5, 0.6) is 0 Å². The summed E-state index contributed by atoms with van der Waals surface area (Å²) in [5.41, 5.74) is 3.26. The molecule has 0 fully saturated rings. The smallest absolute Gasteiger partial charge is 0.142 e. The fourth-order valence-electron chi connectivity index (χ4n) is 2.12. The molecule has 0 saturated carbocycles. The molecule has 0 aliphatic rings. The SMILES string of the molecule is CC(C=CC=O)=C(c1ccc(F)cc1)c1ccc(F)cc1. The van der Waals surface area contributed by atoms with Crippen molar-refractivity contribution in [3.05, 3.63) is 89.0 Å². The Hall–Kier alpha value is -2.55. The first kappa shape index (κ1) is 14.9. The zero-order valence-electron chi connectivity index (χ0n) is 11.5. The zero-order valence-corrected chi connectivity index (χ0v) is 11.5. The van der Waals surface area contributed by atoms with Crippen LogP contribution in [0.4, 0.5) is 8.78 Å². The fraction of sp³-hybridized carbons (Fsp3) is 0.0556. The maximum atomic E-state index is 13.1. The normalized spacial score (nSPS) is 10.6. The van der Waals surface area contributed by atoms with E-state index in [4.69, 9.17) is 0 Å². The standard InChI is InChI=1S/C18H14F2O/c1-13(3-2-12-21)18(14-4-8-16(19)9-5-14)15-6-10-17(20)11-7-15/h2-12H,1H3. The summed E-state index contributed by atoms with van der Waals surface area (Å²) in [6.45, 7) is 1.85. The molecule has 0 aromatic heterocycles. The first-order valence-corrected chi connectivity index (χ1v) is 6.46. The highest BCUT2D eigenvalue weighted by Crippen LogP contribution is 2.28. The van der Waals surface area contributed by atoms with Crippen LogP contribution in [0.2, 0.25) is 0 Å². The van der Waals surface area contributed by atoms with Crippen LogP contribution in [0.3, 0.4) is 0 Å². The van der Waals surface area contributed by atoms with Crippen LogP contribution in [-0.2, 0) is 4.79 Å². The Balaban J connectivity index is 2.59. The lowest BCUT2D eigenvalue weighted by Crippen LogP contribution is -1.92. The van der Waals surface area contributed by atoms with Gasteiger partial charge in [0.15, 0.2) is 0 Å². The Kier molecular flexibility index (Phi) is 4.77. The van der Waals surface area contributed by atoms with E-state index in [0.29, 0.717) is 6.29 Å². The molecule has 21 heavy (non-hydrogen) atoms. The van der Waals surface area contributed by atoms with Crippen LogP contribution in [0.1, 0.15) is 18.1 Å². The van der Waals surface area contributed by atoms with Gasteiger partial charge in [-0.05, 0) is 59.5 Å². The molecule has 2 aromatic rings. The van der Waals surface area contributed by atoms with Gasteiger partial charge in [0.25, 0.3) is 0 Å². The van der Waals surface area contributed by atoms with Gasteiger partial charge >= 0.3 is 0 Å². The van der Waals surface area contributed by atoms with Gasteiger partial charge in [-0.15, -0.1) is 0 Å². The summed E-state index contributed by atoms with van der Waals surface area (Å²) in [5, 5.41) is 0. The molecule has 2 rings (SSSR count). The molecule has 0 N–H and O–H groups in total. The monoisotopic (exact) mass is 284 g/mol. The largest absolute Gasteiger partial charge is 0.299 e. The molecule has 0 saturated heterocycles. The number of benzene rings is 2. The molecule has 2 aromatic carbocycles. The molecule has 0 amide bonds. The minimum Gasteiger partial charge on any atom is -0.299 e. The predicted molar refractivity (Wildman–Crippen MR) is 79.7 cm³/mol. The van der Waals surface area contributed by atoms with Crippen molar-refractivity contribution in [2.45, 2.75) is 6.92 Å². The summed E-state index contributed by atoms with van der Waals surface area (Å²) >= 11 is 0. The maximum absolute atomic E-state index is 13.1. The highest BCUT2D eigenvalue weighted by atomic mass is 19.1. The second-order valence-electron chi connectivity index (χ2n) is 4.57. The Morgan fingerprint density at radius 3 is 1.67 bits per heavy atom. The number of rotatable bonds is 4. The lowest BCUT2D eigenvalue weighted by Gasteiger charge is -2.11. The van der Waals surface area contributed by atoms with E-state index in [1.165, 1.54) is 30.3 Å². The van der Waals surface area contributed by atoms with Crippen LogP contribution >= 0.6 is 0 Å². The third kappa shape index (κ3) is 3.72. The molecule has 3 heteroatoms. The first-order valence-electron chi connectivity index (χ1n) is 6.46. The van der Waals surface area contributed by atoms with Gasteiger partial charge in [0.2, 0.25) is 0 Å². The summed E-state index contributed by atoms with van der Waals surface area (Å²) in [4.78, 5) is 10.5. The Labute approximate surface area is 122 Å². The van der Waals surface area contributed by atoms with Gasteiger partial charge in [0, 0.05) is 0 Å². The van der Waals surface area contributed by atoms with E-state index in [1.807, 2.05) is 6.92 Å². The van der Waals surface area contributed by atoms with Gasteiger partial charge in [-0.25, -0.2) is 8.78 Å². The summed E-state index contributed by atoms with van der Waals surface area (Å²) < 4.78 is 26.2. The van der Waals surface area contributed by atoms with Gasteiger partial charge in [0.1, 0.15) is 17.9 Å². The summed E-state index contributed by atoms with van der Waals surface area (Å²) in [6.07, 6.45) is 3.76. The van der Waals surface area contributed by atoms with E-state index < -0.39 is 0 Å². The summed E-state index contributed by atoms with van der Waals surface area (Å²) in [6, 6.07) is 12.1. The Morgan fingerprint density at radius 2 is 1.29 bits per heavy atom. The van der Waals surface area contributed by atoms with Gasteiger partial charge in [-0.2, -0.15) is 0 Å². The lowest BCUT2D eigenvalue weighted by molar-refractivity contribution is -0.104. The van der Waals surface area contributed by atoms with Crippen molar-refractivity contribution in [3.63, 3.8) is 0 Å². The second-order valence-corrected chi connectivity index (χ2v) is 4.57. The van der Waals surface area contributed by atoms with Crippen molar-refractivity contribution in [1.82, 2.24) is 0 Å². The molecule has 0 aliphatic carbocycles. The van der Waals surface area contributed by atoms with E-state index in [-0.39, 0.29) is 11.6 Å². The Bertz CT molecular complexity index is 633. The van der Waals surface area contributed by atoms with Crippen molar-refractivity contribution >= 4 is 11.9 Å². The van der Waals surface area contributed by atoms with Crippen LogP contribution in [-0.4, -0.2) is 6.29 Å². The number of carbonyl (C=O) groups excluding carboxylic acids is 1. The van der Waals surface area contributed by atoms with Crippen LogP contribution in [0.15, 0.2) is 66.3 Å². The van der Waals surface area contributed by atoms with E-state index in [9.17, 15) is 13.6 Å². The van der Waals surface area contributed by atoms with E-state index in [0.717, 1.165) is 22.3 Å². The summed E-state index contributed by atoms with van der Waals surface area (Å²) in [7, 11) is 0. The third-order valence-electron chi connectivity index (χ3n) is 3.08. The topological polar surface area (TPSA) is 17.1 Å². The fourth-order valence-corrected chi connectivity index (χ4v) is 2.12. The zero-order chi connectivity index (χ0) is 15.2. The predicted octanol–water partition coefficient (Wildman–Crippen LogP) is 4.54. The highest BCUT2D eigenvalue weighted by Gasteiger charge is 2.08. The first-order chi connectivity index (χ1) is 10.1. The number of aldehydes is 1. The van der Waals surface area contributed by atoms with Crippen molar-refractivity contribution in [2.24, 2.45) is 0 Å². The average Bonchev–Trinajstić information content (AvgIpc) is 2.49. The lowest BCUT2D eigenvalue weighted by atomic mass is 9.93. The molecule has 0 spiro atoms. The maximum Gasteiger partial charge on any atom is 0.142 e. The molecular formula is C18H14F2O. The van der Waals surface area contributed by atoms with Gasteiger partial charge < -0.3 is 0 Å². The van der Waals surface area contributed by atoms with Gasteiger partial charge in [-0.3, -0.25) is 4.79 Å². The molecular weight excluding hydrogens is 270 g/mol. The molecule has 0 atom stereocenters. The molecule has 0 bridgehead atoms. The minimum atomic E-state index is -0.321.